The van der Waals surface area contributed by atoms with E-state index in [2.05, 4.69) is 19.9 Å². The van der Waals surface area contributed by atoms with Gasteiger partial charge in [0.1, 0.15) is 6.16 Å². The first-order chi connectivity index (χ1) is 2.27. The van der Waals surface area contributed by atoms with E-state index in [4.69, 9.17) is 0 Å². The fourth-order valence-corrected chi connectivity index (χ4v) is 0. The highest BCUT2D eigenvalue weighted by Gasteiger charge is 1.81. The highest BCUT2D eigenvalue weighted by molar-refractivity contribution is 7.54. The standard InChI is InChI=1S/C4H10P/c1-4-5(2)3/h2,4H2,1,3H3/q+1. The lowest BCUT2D eigenvalue weighted by molar-refractivity contribution is 1.52. The topological polar surface area (TPSA) is 0 Å². The van der Waals surface area contributed by atoms with Gasteiger partial charge in [-0.25, -0.2) is 0 Å². The first-order valence-electron chi connectivity index (χ1n) is 1.79. The van der Waals surface area contributed by atoms with E-state index < -0.39 is 0 Å². The molecule has 1 unspecified atom stereocenters. The Morgan fingerprint density at radius 1 is 1.80 bits per heavy atom. The molecule has 0 saturated carbocycles. The molecule has 0 aromatic carbocycles. The van der Waals surface area contributed by atoms with Crippen molar-refractivity contribution in [2.75, 3.05) is 12.8 Å². The maximum Gasteiger partial charge on any atom is 0.103 e. The quantitative estimate of drug-likeness (QED) is 0.427. The zero-order valence-corrected chi connectivity index (χ0v) is 4.76. The molecule has 0 fully saturated rings. The molecule has 0 saturated heterocycles. The van der Waals surface area contributed by atoms with Crippen LogP contribution in [0.1, 0.15) is 6.92 Å². The zero-order valence-electron chi connectivity index (χ0n) is 3.86. The van der Waals surface area contributed by atoms with E-state index in [1.807, 2.05) is 0 Å². The predicted octanol–water partition coefficient (Wildman–Crippen LogP) is 1.55. The van der Waals surface area contributed by atoms with Crippen molar-refractivity contribution in [3.05, 3.63) is 0 Å². The molecule has 0 aliphatic rings. The molecule has 5 heavy (non-hydrogen) atoms. The summed E-state index contributed by atoms with van der Waals surface area (Å²) >= 11 is 0. The molecule has 30 valence electrons. The average molecular weight is 89.1 g/mol. The summed E-state index contributed by atoms with van der Waals surface area (Å²) in [6, 6.07) is 0. The minimum Gasteiger partial charge on any atom is -0.0243 e. The van der Waals surface area contributed by atoms with E-state index in [1.165, 1.54) is 6.16 Å². The van der Waals surface area contributed by atoms with Gasteiger partial charge in [-0.15, -0.1) is 0 Å². The molecule has 0 spiro atoms. The van der Waals surface area contributed by atoms with Crippen LogP contribution in [0.3, 0.4) is 0 Å². The summed E-state index contributed by atoms with van der Waals surface area (Å²) in [7, 11) is 0.152. The second-order valence-corrected chi connectivity index (χ2v) is 3.52. The lowest BCUT2D eigenvalue weighted by Crippen LogP contribution is -1.56. The van der Waals surface area contributed by atoms with E-state index in [0.29, 0.717) is 0 Å². The van der Waals surface area contributed by atoms with Crippen molar-refractivity contribution in [1.82, 2.24) is 0 Å². The molecule has 0 rings (SSSR count). The second kappa shape index (κ2) is 2.41. The van der Waals surface area contributed by atoms with Gasteiger partial charge >= 0.3 is 0 Å². The van der Waals surface area contributed by atoms with Gasteiger partial charge in [-0.05, 0) is 6.92 Å². The third-order valence-corrected chi connectivity index (χ3v) is 1.62. The number of rotatable bonds is 1. The predicted molar refractivity (Wildman–Crippen MR) is 30.5 cm³/mol. The number of hydrogen-bond donors (Lipinski definition) is 0. The second-order valence-electron chi connectivity index (χ2n) is 1.17. The van der Waals surface area contributed by atoms with Crippen LogP contribution in [0.2, 0.25) is 0 Å². The van der Waals surface area contributed by atoms with E-state index >= 15 is 0 Å². The SMILES string of the molecule is C=[P+](C)CC. The van der Waals surface area contributed by atoms with Crippen molar-refractivity contribution in [3.8, 4) is 0 Å². The molecule has 0 N–H and O–H groups in total. The first kappa shape index (κ1) is 5.17. The minimum absolute atomic E-state index is 0.152. The summed E-state index contributed by atoms with van der Waals surface area (Å²) in [5.41, 5.74) is 0. The van der Waals surface area contributed by atoms with Crippen LogP contribution in [-0.4, -0.2) is 19.1 Å². The molecule has 0 aliphatic heterocycles. The van der Waals surface area contributed by atoms with Gasteiger partial charge in [0.2, 0.25) is 0 Å². The summed E-state index contributed by atoms with van der Waals surface area (Å²) in [6.45, 7) is 4.34. The van der Waals surface area contributed by atoms with Crippen LogP contribution in [0, 0.1) is 0 Å². The Labute approximate surface area is 34.6 Å². The van der Waals surface area contributed by atoms with E-state index in [9.17, 15) is 0 Å². The van der Waals surface area contributed by atoms with Crippen molar-refractivity contribution < 1.29 is 0 Å². The van der Waals surface area contributed by atoms with Crippen molar-refractivity contribution in [2.45, 2.75) is 6.92 Å². The minimum atomic E-state index is 0.152. The fraction of sp³-hybridized carbons (Fsp3) is 0.750. The number of hydrogen-bond acceptors (Lipinski definition) is 0. The normalized spacial score (nSPS) is 11.2. The van der Waals surface area contributed by atoms with E-state index in [1.54, 1.807) is 0 Å². The van der Waals surface area contributed by atoms with Gasteiger partial charge in [0.25, 0.3) is 0 Å². The Morgan fingerprint density at radius 3 is 2.00 bits per heavy atom. The average Bonchev–Trinajstić information content (AvgIpc) is 1.38. The lowest BCUT2D eigenvalue weighted by Gasteiger charge is -1.65. The zero-order chi connectivity index (χ0) is 4.28. The third kappa shape index (κ3) is 4.17. The molecule has 0 amide bonds. The monoisotopic (exact) mass is 89.1 g/mol. The highest BCUT2D eigenvalue weighted by atomic mass is 31.1. The molecule has 1 heteroatoms. The maximum absolute atomic E-state index is 3.82. The van der Waals surface area contributed by atoms with Crippen molar-refractivity contribution in [1.29, 1.82) is 0 Å². The molecule has 0 heterocycles. The van der Waals surface area contributed by atoms with Gasteiger partial charge in [0, 0.05) is 0 Å². The summed E-state index contributed by atoms with van der Waals surface area (Å²) in [4.78, 5) is 0. The Hall–Kier alpha value is 0.170. The molecule has 0 nitrogen and oxygen atoms in total. The highest BCUT2D eigenvalue weighted by Crippen LogP contribution is 2.08. The van der Waals surface area contributed by atoms with Crippen LogP contribution in [0.5, 0.6) is 0 Å². The fourth-order valence-electron chi connectivity index (χ4n) is 0. The molecule has 0 aromatic rings. The van der Waals surface area contributed by atoms with Crippen LogP contribution in [0.4, 0.5) is 0 Å². The summed E-state index contributed by atoms with van der Waals surface area (Å²) in [5, 5.41) is 0. The largest absolute Gasteiger partial charge is 0.103 e. The summed E-state index contributed by atoms with van der Waals surface area (Å²) in [6.07, 6.45) is 5.08. The van der Waals surface area contributed by atoms with E-state index in [-0.39, 0.29) is 7.55 Å². The Balaban J connectivity index is 2.85. The van der Waals surface area contributed by atoms with Gasteiger partial charge in [0.05, 0.1) is 20.5 Å². The summed E-state index contributed by atoms with van der Waals surface area (Å²) < 4.78 is 0. The van der Waals surface area contributed by atoms with Crippen molar-refractivity contribution in [2.24, 2.45) is 0 Å². The smallest absolute Gasteiger partial charge is 0.0243 e. The van der Waals surface area contributed by atoms with Crippen LogP contribution in [0.15, 0.2) is 0 Å². The first-order valence-corrected chi connectivity index (χ1v) is 3.95. The Kier molecular flexibility index (Phi) is 2.49. The molecule has 0 radical (unpaired) electrons. The van der Waals surface area contributed by atoms with Gasteiger partial charge in [-0.2, -0.15) is 0 Å². The van der Waals surface area contributed by atoms with E-state index in [0.717, 1.165) is 0 Å². The third-order valence-electron chi connectivity index (χ3n) is 0.540. The van der Waals surface area contributed by atoms with Crippen LogP contribution in [0.25, 0.3) is 0 Å². The van der Waals surface area contributed by atoms with Crippen LogP contribution < -0.4 is 0 Å². The summed E-state index contributed by atoms with van der Waals surface area (Å²) in [5.74, 6) is 0. The molecular weight excluding hydrogens is 79.0 g/mol. The molecule has 0 aliphatic carbocycles. The Morgan fingerprint density at radius 2 is 2.00 bits per heavy atom. The van der Waals surface area contributed by atoms with Crippen LogP contribution >= 0.6 is 7.55 Å². The van der Waals surface area contributed by atoms with Gasteiger partial charge in [0.15, 0.2) is 0 Å². The van der Waals surface area contributed by atoms with Gasteiger partial charge in [-0.3, -0.25) is 0 Å². The van der Waals surface area contributed by atoms with Crippen molar-refractivity contribution >= 4 is 13.8 Å². The van der Waals surface area contributed by atoms with Crippen LogP contribution in [-0.2, 0) is 0 Å². The molecule has 0 aromatic heterocycles. The Bertz CT molecular complexity index is 38.9. The van der Waals surface area contributed by atoms with Gasteiger partial charge < -0.3 is 0 Å². The van der Waals surface area contributed by atoms with Gasteiger partial charge in [-0.1, -0.05) is 0 Å². The lowest BCUT2D eigenvalue weighted by atomic mass is 11.0. The van der Waals surface area contributed by atoms with Crippen molar-refractivity contribution in [3.63, 3.8) is 0 Å². The molecule has 1 atom stereocenters. The maximum atomic E-state index is 3.82. The molecule has 0 bridgehead atoms. The molecular formula is C4H10P+.